The lowest BCUT2D eigenvalue weighted by molar-refractivity contribution is -0.384. The summed E-state index contributed by atoms with van der Waals surface area (Å²) >= 11 is 0. The van der Waals surface area contributed by atoms with E-state index < -0.39 is 4.92 Å². The fraction of sp³-hybridized carbons (Fsp3) is 0.533. The molecule has 0 bridgehead atoms. The van der Waals surface area contributed by atoms with Crippen LogP contribution in [0.5, 0.6) is 0 Å². The molecule has 2 rings (SSSR count). The molecular weight excluding hydrogens is 284 g/mol. The minimum atomic E-state index is -0.433. The second kappa shape index (κ2) is 7.74. The highest BCUT2D eigenvalue weighted by Crippen LogP contribution is 2.26. The van der Waals surface area contributed by atoms with Crippen LogP contribution in [0.4, 0.5) is 11.4 Å². The smallest absolute Gasteiger partial charge is 0.269 e. The minimum Gasteiger partial charge on any atom is -0.383 e. The van der Waals surface area contributed by atoms with E-state index in [1.807, 2.05) is 0 Å². The van der Waals surface area contributed by atoms with Crippen LogP contribution < -0.4 is 16.4 Å². The number of nitro groups is 1. The zero-order valence-corrected chi connectivity index (χ0v) is 12.5. The number of carbonyl (C=O) groups is 1. The Morgan fingerprint density at radius 1 is 1.27 bits per heavy atom. The summed E-state index contributed by atoms with van der Waals surface area (Å²) in [6.45, 7) is 1.08. The summed E-state index contributed by atoms with van der Waals surface area (Å²) < 4.78 is 0. The monoisotopic (exact) mass is 306 g/mol. The molecule has 22 heavy (non-hydrogen) atoms. The number of nitrogens with one attached hydrogen (secondary N) is 2. The molecule has 120 valence electrons. The second-order valence-electron chi connectivity index (χ2n) is 5.64. The van der Waals surface area contributed by atoms with Crippen LogP contribution in [0.3, 0.4) is 0 Å². The highest BCUT2D eigenvalue weighted by Gasteiger charge is 2.25. The number of rotatable bonds is 7. The maximum atomic E-state index is 11.8. The summed E-state index contributed by atoms with van der Waals surface area (Å²) in [6.07, 6.45) is 3.66. The Balaban J connectivity index is 1.64. The topological polar surface area (TPSA) is 110 Å². The van der Waals surface area contributed by atoms with Gasteiger partial charge in [0.1, 0.15) is 0 Å². The summed E-state index contributed by atoms with van der Waals surface area (Å²) in [5, 5.41) is 16.5. The molecule has 2 atom stereocenters. The summed E-state index contributed by atoms with van der Waals surface area (Å²) in [4.78, 5) is 21.9. The van der Waals surface area contributed by atoms with Gasteiger partial charge >= 0.3 is 0 Å². The van der Waals surface area contributed by atoms with Crippen LogP contribution in [0.2, 0.25) is 0 Å². The molecule has 7 nitrogen and oxygen atoms in total. The van der Waals surface area contributed by atoms with Crippen molar-refractivity contribution < 1.29 is 9.72 Å². The van der Waals surface area contributed by atoms with E-state index in [1.54, 1.807) is 12.1 Å². The number of nitrogens with zero attached hydrogens (tertiary/aromatic N) is 1. The molecule has 1 amide bonds. The Kier molecular flexibility index (Phi) is 5.71. The normalized spacial score (nSPS) is 20.6. The number of non-ortho nitro benzene ring substituents is 1. The first kappa shape index (κ1) is 16.2. The maximum Gasteiger partial charge on any atom is 0.269 e. The van der Waals surface area contributed by atoms with Gasteiger partial charge in [0.05, 0.1) is 4.92 Å². The average molecular weight is 306 g/mol. The van der Waals surface area contributed by atoms with Gasteiger partial charge in [0.15, 0.2) is 0 Å². The van der Waals surface area contributed by atoms with Crippen molar-refractivity contribution in [3.05, 3.63) is 34.4 Å². The largest absolute Gasteiger partial charge is 0.383 e. The second-order valence-corrected chi connectivity index (χ2v) is 5.64. The zero-order valence-electron chi connectivity index (χ0n) is 12.5. The highest BCUT2D eigenvalue weighted by molar-refractivity contribution is 5.76. The Bertz CT molecular complexity index is 518. The first-order valence-corrected chi connectivity index (χ1v) is 7.57. The molecule has 1 fully saturated rings. The van der Waals surface area contributed by atoms with E-state index >= 15 is 0 Å². The third kappa shape index (κ3) is 4.70. The SMILES string of the molecule is N[C@@H]1CCC[C@H]1CC(=O)NCCNc1ccc([N+](=O)[O-])cc1. The molecule has 0 spiro atoms. The molecule has 0 heterocycles. The molecular formula is C15H22N4O3. The molecule has 1 aliphatic rings. The van der Waals surface area contributed by atoms with Crippen LogP contribution in [-0.4, -0.2) is 30.0 Å². The van der Waals surface area contributed by atoms with Crippen molar-refractivity contribution in [2.45, 2.75) is 31.7 Å². The molecule has 1 aromatic carbocycles. The van der Waals surface area contributed by atoms with E-state index in [2.05, 4.69) is 10.6 Å². The fourth-order valence-corrected chi connectivity index (χ4v) is 2.74. The summed E-state index contributed by atoms with van der Waals surface area (Å²) in [7, 11) is 0. The fourth-order valence-electron chi connectivity index (χ4n) is 2.74. The number of carbonyl (C=O) groups excluding carboxylic acids is 1. The lowest BCUT2D eigenvalue weighted by Crippen LogP contribution is -2.33. The predicted octanol–water partition coefficient (Wildman–Crippen LogP) is 1.64. The molecule has 1 saturated carbocycles. The van der Waals surface area contributed by atoms with Gasteiger partial charge in [-0.1, -0.05) is 6.42 Å². The van der Waals surface area contributed by atoms with Crippen molar-refractivity contribution in [3.63, 3.8) is 0 Å². The molecule has 4 N–H and O–H groups in total. The molecule has 7 heteroatoms. The van der Waals surface area contributed by atoms with E-state index in [0.717, 1.165) is 24.9 Å². The number of hydrogen-bond acceptors (Lipinski definition) is 5. The Hall–Kier alpha value is -2.15. The van der Waals surface area contributed by atoms with Crippen LogP contribution in [0.1, 0.15) is 25.7 Å². The minimum absolute atomic E-state index is 0.0350. The van der Waals surface area contributed by atoms with Crippen molar-refractivity contribution >= 4 is 17.3 Å². The molecule has 0 aromatic heterocycles. The molecule has 0 saturated heterocycles. The summed E-state index contributed by atoms with van der Waals surface area (Å²) in [5.74, 6) is 0.343. The number of nitro benzene ring substituents is 1. The van der Waals surface area contributed by atoms with Crippen LogP contribution in [0, 0.1) is 16.0 Å². The molecule has 0 aliphatic heterocycles. The van der Waals surface area contributed by atoms with Gasteiger partial charge in [-0.2, -0.15) is 0 Å². The van der Waals surface area contributed by atoms with Gasteiger partial charge in [0.2, 0.25) is 5.91 Å². The Labute approximate surface area is 129 Å². The third-order valence-electron chi connectivity index (χ3n) is 4.02. The molecule has 1 aliphatic carbocycles. The lowest BCUT2D eigenvalue weighted by Gasteiger charge is -2.15. The first-order chi connectivity index (χ1) is 10.6. The van der Waals surface area contributed by atoms with Gasteiger partial charge in [-0.3, -0.25) is 14.9 Å². The van der Waals surface area contributed by atoms with Crippen molar-refractivity contribution in [2.75, 3.05) is 18.4 Å². The standard InChI is InChI=1S/C15H22N4O3/c16-14-3-1-2-11(14)10-15(20)18-9-8-17-12-4-6-13(7-5-12)19(21)22/h4-7,11,14,17H,1-3,8-10,16H2,(H,18,20)/t11-,14+/m0/s1. The van der Waals surface area contributed by atoms with Gasteiger partial charge in [0.25, 0.3) is 5.69 Å². The van der Waals surface area contributed by atoms with Gasteiger partial charge < -0.3 is 16.4 Å². The summed E-state index contributed by atoms with van der Waals surface area (Å²) in [5.41, 5.74) is 6.80. The van der Waals surface area contributed by atoms with Crippen LogP contribution in [0.15, 0.2) is 24.3 Å². The third-order valence-corrected chi connectivity index (χ3v) is 4.02. The van der Waals surface area contributed by atoms with Crippen molar-refractivity contribution in [3.8, 4) is 0 Å². The van der Waals surface area contributed by atoms with E-state index in [4.69, 9.17) is 5.73 Å². The molecule has 0 radical (unpaired) electrons. The highest BCUT2D eigenvalue weighted by atomic mass is 16.6. The Morgan fingerprint density at radius 2 is 2.00 bits per heavy atom. The van der Waals surface area contributed by atoms with E-state index in [9.17, 15) is 14.9 Å². The average Bonchev–Trinajstić information content (AvgIpc) is 2.89. The van der Waals surface area contributed by atoms with Gasteiger partial charge in [-0.05, 0) is 30.9 Å². The van der Waals surface area contributed by atoms with E-state index in [0.29, 0.717) is 25.4 Å². The molecule has 1 aromatic rings. The van der Waals surface area contributed by atoms with Gasteiger partial charge in [0, 0.05) is 43.4 Å². The quantitative estimate of drug-likeness (QED) is 0.403. The summed E-state index contributed by atoms with van der Waals surface area (Å²) in [6, 6.07) is 6.35. The van der Waals surface area contributed by atoms with E-state index in [1.165, 1.54) is 12.1 Å². The van der Waals surface area contributed by atoms with Crippen LogP contribution in [-0.2, 0) is 4.79 Å². The number of nitrogens with two attached hydrogens (primary N) is 1. The predicted molar refractivity (Wildman–Crippen MR) is 84.5 cm³/mol. The Morgan fingerprint density at radius 3 is 2.59 bits per heavy atom. The lowest BCUT2D eigenvalue weighted by atomic mass is 10.00. The van der Waals surface area contributed by atoms with Gasteiger partial charge in [-0.25, -0.2) is 0 Å². The first-order valence-electron chi connectivity index (χ1n) is 7.57. The van der Waals surface area contributed by atoms with Crippen molar-refractivity contribution in [1.82, 2.24) is 5.32 Å². The molecule has 0 unspecified atom stereocenters. The van der Waals surface area contributed by atoms with Crippen LogP contribution >= 0.6 is 0 Å². The maximum absolute atomic E-state index is 11.8. The van der Waals surface area contributed by atoms with Crippen molar-refractivity contribution in [2.24, 2.45) is 11.7 Å². The van der Waals surface area contributed by atoms with Crippen LogP contribution in [0.25, 0.3) is 0 Å². The van der Waals surface area contributed by atoms with Crippen molar-refractivity contribution in [1.29, 1.82) is 0 Å². The number of benzene rings is 1. The number of amides is 1. The van der Waals surface area contributed by atoms with E-state index in [-0.39, 0.29) is 17.6 Å². The number of hydrogen-bond donors (Lipinski definition) is 3. The number of anilines is 1. The zero-order chi connectivity index (χ0) is 15.9. The van der Waals surface area contributed by atoms with Gasteiger partial charge in [-0.15, -0.1) is 0 Å².